The second kappa shape index (κ2) is 16.0. The molecule has 0 saturated carbocycles. The number of nitrogens with one attached hydrogen (secondary N) is 2. The maximum atomic E-state index is 13.8. The summed E-state index contributed by atoms with van der Waals surface area (Å²) >= 11 is 0. The Labute approximate surface area is 244 Å². The van der Waals surface area contributed by atoms with E-state index in [-0.39, 0.29) is 12.1 Å². The average Bonchev–Trinajstić information content (AvgIpc) is 2.97. The number of morpholine rings is 1. The zero-order valence-corrected chi connectivity index (χ0v) is 25.2. The highest BCUT2D eigenvalue weighted by molar-refractivity contribution is 7.87. The van der Waals surface area contributed by atoms with Crippen molar-refractivity contribution in [2.45, 2.75) is 58.9 Å². The lowest BCUT2D eigenvalue weighted by molar-refractivity contribution is -0.134. The molecule has 0 radical (unpaired) electrons. The quantitative estimate of drug-likeness (QED) is 0.165. The van der Waals surface area contributed by atoms with E-state index >= 15 is 0 Å². The summed E-state index contributed by atoms with van der Waals surface area (Å²) < 4.78 is 36.1. The molecule has 0 aromatic heterocycles. The van der Waals surface area contributed by atoms with Crippen LogP contribution in [0.2, 0.25) is 0 Å². The van der Waals surface area contributed by atoms with Gasteiger partial charge in [-0.2, -0.15) is 12.7 Å². The van der Waals surface area contributed by atoms with Crippen molar-refractivity contribution in [2.75, 3.05) is 39.4 Å². The molecule has 2 amide bonds. The number of ether oxygens (including phenoxy) is 1. The van der Waals surface area contributed by atoms with Crippen LogP contribution in [0.4, 0.5) is 0 Å². The first kappa shape index (κ1) is 32.7. The number of hydrogen-bond acceptors (Lipinski definition) is 7. The molecule has 1 fully saturated rings. The van der Waals surface area contributed by atoms with Crippen LogP contribution in [0, 0.1) is 5.92 Å². The molecule has 0 aliphatic carbocycles. The zero-order valence-electron chi connectivity index (χ0n) is 24.3. The third-order valence-electron chi connectivity index (χ3n) is 7.32. The van der Waals surface area contributed by atoms with Gasteiger partial charge in [-0.1, -0.05) is 82.5 Å². The van der Waals surface area contributed by atoms with Crippen LogP contribution in [0.25, 0.3) is 11.1 Å². The maximum absolute atomic E-state index is 13.8. The second-order valence-electron chi connectivity index (χ2n) is 10.7. The molecule has 2 aromatic rings. The smallest absolute Gasteiger partial charge is 0.304 e. The van der Waals surface area contributed by atoms with Crippen molar-refractivity contribution in [2.24, 2.45) is 5.92 Å². The normalized spacial score (nSPS) is 15.2. The number of amides is 2. The van der Waals surface area contributed by atoms with Crippen molar-refractivity contribution < 1.29 is 28.0 Å². The average molecular weight is 589 g/mol. The number of rotatable bonds is 15. The fourth-order valence-electron chi connectivity index (χ4n) is 5.09. The van der Waals surface area contributed by atoms with Crippen molar-refractivity contribution in [1.82, 2.24) is 19.4 Å². The maximum Gasteiger partial charge on any atom is 0.304 e. The van der Waals surface area contributed by atoms with Crippen LogP contribution in [-0.2, 0) is 26.2 Å². The van der Waals surface area contributed by atoms with Gasteiger partial charge in [0, 0.05) is 31.7 Å². The van der Waals surface area contributed by atoms with Gasteiger partial charge in [-0.05, 0) is 41.5 Å². The van der Waals surface area contributed by atoms with Crippen LogP contribution in [0.5, 0.6) is 0 Å². The summed E-state index contributed by atoms with van der Waals surface area (Å²) in [5, 5.41) is 9.39. The van der Waals surface area contributed by atoms with Crippen LogP contribution < -0.4 is 10.2 Å². The molecule has 1 atom stereocenters. The van der Waals surface area contributed by atoms with Gasteiger partial charge in [0.2, 0.25) is 0 Å². The monoisotopic (exact) mass is 588 g/mol. The van der Waals surface area contributed by atoms with Gasteiger partial charge in [-0.15, -0.1) is 0 Å². The van der Waals surface area contributed by atoms with E-state index in [0.717, 1.165) is 47.5 Å². The highest BCUT2D eigenvalue weighted by Gasteiger charge is 2.38. The summed E-state index contributed by atoms with van der Waals surface area (Å²) in [5.74, 6) is -2.13. The van der Waals surface area contributed by atoms with E-state index in [1.807, 2.05) is 47.4 Å². The number of benzene rings is 2. The van der Waals surface area contributed by atoms with Gasteiger partial charge in [0.15, 0.2) is 0 Å². The van der Waals surface area contributed by atoms with Gasteiger partial charge >= 0.3 is 10.2 Å². The van der Waals surface area contributed by atoms with Crippen LogP contribution >= 0.6 is 0 Å². The van der Waals surface area contributed by atoms with E-state index < -0.39 is 34.0 Å². The van der Waals surface area contributed by atoms with Crippen LogP contribution in [-0.4, -0.2) is 80.1 Å². The van der Waals surface area contributed by atoms with E-state index in [4.69, 9.17) is 4.74 Å². The van der Waals surface area contributed by atoms with Crippen LogP contribution in [0.15, 0.2) is 48.5 Å². The Bertz CT molecular complexity index is 1230. The van der Waals surface area contributed by atoms with E-state index in [0.29, 0.717) is 38.4 Å². The van der Waals surface area contributed by atoms with Gasteiger partial charge in [0.05, 0.1) is 13.2 Å². The third-order valence-corrected chi connectivity index (χ3v) is 8.79. The number of hydrogen-bond donors (Lipinski definition) is 3. The molecule has 1 aliphatic rings. The highest BCUT2D eigenvalue weighted by atomic mass is 32.2. The van der Waals surface area contributed by atoms with Crippen molar-refractivity contribution in [1.29, 1.82) is 0 Å². The summed E-state index contributed by atoms with van der Waals surface area (Å²) in [7, 11) is -4.50. The number of nitrogens with zero attached hydrogens (tertiary/aromatic N) is 2. The summed E-state index contributed by atoms with van der Waals surface area (Å²) in [6.45, 7) is 8.14. The fraction of sp³-hybridized carbons (Fsp3) is 0.533. The predicted octanol–water partition coefficient (Wildman–Crippen LogP) is 3.62. The van der Waals surface area contributed by atoms with E-state index in [1.165, 1.54) is 0 Å². The lowest BCUT2D eigenvalue weighted by Gasteiger charge is -2.34. The predicted molar refractivity (Wildman–Crippen MR) is 159 cm³/mol. The number of unbranched alkanes of at least 4 members (excludes halogenated alkanes) is 3. The van der Waals surface area contributed by atoms with E-state index in [9.17, 15) is 23.2 Å². The van der Waals surface area contributed by atoms with Gasteiger partial charge in [-0.25, -0.2) is 10.2 Å². The molecule has 3 N–H and O–H groups in total. The van der Waals surface area contributed by atoms with Crippen molar-refractivity contribution >= 4 is 22.0 Å². The summed E-state index contributed by atoms with van der Waals surface area (Å²) in [4.78, 5) is 28.3. The Balaban J connectivity index is 1.91. The molecule has 2 aromatic carbocycles. The molecule has 41 heavy (non-hydrogen) atoms. The summed E-state index contributed by atoms with van der Waals surface area (Å²) in [6.07, 6.45) is 5.32. The topological polar surface area (TPSA) is 128 Å². The number of aryl methyl sites for hydroxylation is 1. The molecule has 1 saturated heterocycles. The van der Waals surface area contributed by atoms with E-state index in [1.54, 1.807) is 25.4 Å². The number of carbonyl (C=O) groups excluding carboxylic acids is 2. The molecule has 3 rings (SSSR count). The van der Waals surface area contributed by atoms with Crippen LogP contribution in [0.1, 0.15) is 62.4 Å². The van der Waals surface area contributed by atoms with Gasteiger partial charge in [0.25, 0.3) is 11.8 Å². The van der Waals surface area contributed by atoms with Crippen molar-refractivity contribution in [3.8, 4) is 11.1 Å². The molecular formula is C30H44N4O6S. The lowest BCUT2D eigenvalue weighted by atomic mass is 9.95. The number of carbonyl (C=O) groups is 2. The zero-order chi connectivity index (χ0) is 29.8. The first-order chi connectivity index (χ1) is 19.7. The third kappa shape index (κ3) is 9.34. The van der Waals surface area contributed by atoms with Crippen LogP contribution in [0.3, 0.4) is 0 Å². The molecule has 226 valence electrons. The molecule has 10 nitrogen and oxygen atoms in total. The van der Waals surface area contributed by atoms with Gasteiger partial charge in [0.1, 0.15) is 6.04 Å². The Kier molecular flexibility index (Phi) is 12.7. The second-order valence-corrected chi connectivity index (χ2v) is 12.3. The lowest BCUT2D eigenvalue weighted by Crippen LogP contribution is -2.57. The fourth-order valence-corrected chi connectivity index (χ4v) is 6.52. The van der Waals surface area contributed by atoms with Crippen molar-refractivity contribution in [3.05, 3.63) is 59.7 Å². The molecule has 11 heteroatoms. The van der Waals surface area contributed by atoms with E-state index in [2.05, 4.69) is 11.6 Å². The first-order valence-electron chi connectivity index (χ1n) is 14.4. The standard InChI is InChI=1S/C30H44N4O6S/c1-4-5-6-8-11-24-14-15-26(27(22-24)25-12-9-7-10-13-25)29(35)32-41(38,39)34(28(23(2)3)30(36)31-37)17-16-33-18-20-40-21-19-33/h7,9-10,12-15,22-23,28,37H,4-6,8,11,16-21H2,1-3H3,(H,31,36)(H,32,35). The van der Waals surface area contributed by atoms with Gasteiger partial charge < -0.3 is 4.74 Å². The first-order valence-corrected chi connectivity index (χ1v) is 15.9. The summed E-state index contributed by atoms with van der Waals surface area (Å²) in [5.41, 5.74) is 4.33. The highest BCUT2D eigenvalue weighted by Crippen LogP contribution is 2.27. The molecule has 1 unspecified atom stereocenters. The molecule has 1 heterocycles. The SMILES string of the molecule is CCCCCCc1ccc(C(=O)NS(=O)(=O)N(CCN2CCOCC2)C(C(=O)NO)C(C)C)c(-c2ccccc2)c1. The Morgan fingerprint density at radius 2 is 1.76 bits per heavy atom. The minimum atomic E-state index is -4.50. The Hall–Kier alpha value is -2.83. The molecule has 0 bridgehead atoms. The van der Waals surface area contributed by atoms with Gasteiger partial charge in [-0.3, -0.25) is 19.7 Å². The Morgan fingerprint density at radius 3 is 2.39 bits per heavy atom. The minimum absolute atomic E-state index is 0.0544. The number of hydroxylamine groups is 1. The minimum Gasteiger partial charge on any atom is -0.379 e. The molecule has 1 aliphatic heterocycles. The van der Waals surface area contributed by atoms with Crippen molar-refractivity contribution in [3.63, 3.8) is 0 Å². The molecule has 0 spiro atoms. The summed E-state index contributed by atoms with van der Waals surface area (Å²) in [6, 6.07) is 13.7. The Morgan fingerprint density at radius 1 is 1.05 bits per heavy atom. The molecular weight excluding hydrogens is 544 g/mol. The largest absolute Gasteiger partial charge is 0.379 e.